The van der Waals surface area contributed by atoms with Gasteiger partial charge in [-0.25, -0.2) is 0 Å². The smallest absolute Gasteiger partial charge is 0.374 e. The molecule has 114 valence electrons. The molecular formula is C13H8BrF5OS. The minimum absolute atomic E-state index is 0.495. The molecule has 0 bridgehead atoms. The van der Waals surface area contributed by atoms with E-state index < -0.39 is 28.8 Å². The molecule has 0 saturated carbocycles. The maximum absolute atomic E-state index is 13.9. The minimum Gasteiger partial charge on any atom is -0.374 e. The van der Waals surface area contributed by atoms with E-state index in [9.17, 15) is 27.1 Å². The molecule has 1 aromatic carbocycles. The Morgan fingerprint density at radius 1 is 0.905 bits per heavy atom. The van der Waals surface area contributed by atoms with Gasteiger partial charge in [-0.3, -0.25) is 0 Å². The molecule has 2 rings (SSSR count). The van der Waals surface area contributed by atoms with Crippen molar-refractivity contribution in [2.75, 3.05) is 0 Å². The van der Waals surface area contributed by atoms with E-state index in [2.05, 4.69) is 15.9 Å². The van der Waals surface area contributed by atoms with Gasteiger partial charge >= 0.3 is 12.1 Å². The molecular weight excluding hydrogens is 379 g/mol. The van der Waals surface area contributed by atoms with Crippen molar-refractivity contribution >= 4 is 27.3 Å². The predicted octanol–water partition coefficient (Wildman–Crippen LogP) is 4.94. The molecule has 1 heterocycles. The van der Waals surface area contributed by atoms with Crippen molar-refractivity contribution in [1.29, 1.82) is 0 Å². The molecule has 0 aliphatic carbocycles. The quantitative estimate of drug-likeness (QED) is 0.740. The summed E-state index contributed by atoms with van der Waals surface area (Å²) in [5, 5.41) is 12.7. The normalized spacial score (nSPS) is 15.8. The van der Waals surface area contributed by atoms with Gasteiger partial charge in [0.25, 0.3) is 0 Å². The number of aliphatic hydroxyl groups is 1. The second-order valence-electron chi connectivity index (χ2n) is 4.30. The minimum atomic E-state index is -5.89. The number of alkyl halides is 5. The third-order valence-electron chi connectivity index (χ3n) is 3.01. The number of halogens is 6. The van der Waals surface area contributed by atoms with Gasteiger partial charge in [0.05, 0.1) is 0 Å². The summed E-state index contributed by atoms with van der Waals surface area (Å²) in [6.45, 7) is 0. The van der Waals surface area contributed by atoms with Gasteiger partial charge in [-0.15, -0.1) is 0 Å². The Kier molecular flexibility index (Phi) is 4.16. The second kappa shape index (κ2) is 5.33. The fourth-order valence-corrected chi connectivity index (χ4v) is 2.86. The first-order chi connectivity index (χ1) is 9.60. The van der Waals surface area contributed by atoms with Crippen molar-refractivity contribution in [3.63, 3.8) is 0 Å². The molecule has 21 heavy (non-hydrogen) atoms. The van der Waals surface area contributed by atoms with Crippen LogP contribution in [0.5, 0.6) is 0 Å². The lowest BCUT2D eigenvalue weighted by atomic mass is 9.82. The average molecular weight is 387 g/mol. The van der Waals surface area contributed by atoms with Crippen LogP contribution >= 0.6 is 27.3 Å². The molecule has 2 aromatic rings. The Balaban J connectivity index is 2.69. The molecule has 0 spiro atoms. The van der Waals surface area contributed by atoms with Crippen molar-refractivity contribution in [3.05, 3.63) is 56.7 Å². The fraction of sp³-hybridized carbons (Fsp3) is 0.231. The molecule has 0 radical (unpaired) electrons. The largest absolute Gasteiger partial charge is 0.457 e. The van der Waals surface area contributed by atoms with Crippen molar-refractivity contribution < 1.29 is 27.1 Å². The number of thiophene rings is 1. The van der Waals surface area contributed by atoms with Gasteiger partial charge in [0.15, 0.2) is 5.60 Å². The van der Waals surface area contributed by atoms with E-state index in [-0.39, 0.29) is 0 Å². The van der Waals surface area contributed by atoms with Crippen LogP contribution in [-0.2, 0) is 5.60 Å². The lowest BCUT2D eigenvalue weighted by molar-refractivity contribution is -0.336. The Bertz CT molecular complexity index is 608. The summed E-state index contributed by atoms with van der Waals surface area (Å²) in [5.74, 6) is -5.34. The Morgan fingerprint density at radius 3 is 1.90 bits per heavy atom. The van der Waals surface area contributed by atoms with Crippen LogP contribution in [0, 0.1) is 0 Å². The summed E-state index contributed by atoms with van der Waals surface area (Å²) in [5.41, 5.74) is -4.52. The van der Waals surface area contributed by atoms with Crippen LogP contribution in [0.2, 0.25) is 0 Å². The zero-order valence-corrected chi connectivity index (χ0v) is 12.6. The molecule has 1 nitrogen and oxygen atoms in total. The summed E-state index contributed by atoms with van der Waals surface area (Å²) in [6, 6.07) is 5.69. The molecule has 0 aliphatic heterocycles. The second-order valence-corrected chi connectivity index (χ2v) is 6.00. The van der Waals surface area contributed by atoms with E-state index >= 15 is 0 Å². The average Bonchev–Trinajstić information content (AvgIpc) is 2.91. The molecule has 8 heteroatoms. The SMILES string of the molecule is OC(c1ccc(Br)cc1)(c1ccsc1)C(F)(F)C(F)(F)F. The highest BCUT2D eigenvalue weighted by atomic mass is 79.9. The van der Waals surface area contributed by atoms with Crippen molar-refractivity contribution in [2.24, 2.45) is 0 Å². The molecule has 1 atom stereocenters. The number of hydrogen-bond acceptors (Lipinski definition) is 2. The van der Waals surface area contributed by atoms with Gasteiger partial charge in [0.2, 0.25) is 0 Å². The third-order valence-corrected chi connectivity index (χ3v) is 4.22. The first kappa shape index (κ1) is 16.4. The van der Waals surface area contributed by atoms with Gasteiger partial charge in [0.1, 0.15) is 0 Å². The van der Waals surface area contributed by atoms with Crippen molar-refractivity contribution in [1.82, 2.24) is 0 Å². The van der Waals surface area contributed by atoms with E-state index in [1.54, 1.807) is 0 Å². The van der Waals surface area contributed by atoms with E-state index in [0.717, 1.165) is 34.9 Å². The Labute approximate surface area is 129 Å². The van der Waals surface area contributed by atoms with Crippen LogP contribution in [0.3, 0.4) is 0 Å². The maximum atomic E-state index is 13.9. The molecule has 1 unspecified atom stereocenters. The van der Waals surface area contributed by atoms with Crippen LogP contribution in [-0.4, -0.2) is 17.2 Å². The lowest BCUT2D eigenvalue weighted by Gasteiger charge is -2.36. The number of benzene rings is 1. The van der Waals surface area contributed by atoms with Crippen molar-refractivity contribution in [2.45, 2.75) is 17.7 Å². The molecule has 0 amide bonds. The maximum Gasteiger partial charge on any atom is 0.457 e. The zero-order valence-electron chi connectivity index (χ0n) is 10.2. The molecule has 0 aliphatic rings. The monoisotopic (exact) mass is 386 g/mol. The lowest BCUT2D eigenvalue weighted by Crippen LogP contribution is -2.55. The Morgan fingerprint density at radius 2 is 1.48 bits per heavy atom. The van der Waals surface area contributed by atoms with E-state index in [1.165, 1.54) is 17.5 Å². The van der Waals surface area contributed by atoms with Crippen LogP contribution in [0.25, 0.3) is 0 Å². The van der Waals surface area contributed by atoms with Crippen LogP contribution in [0.15, 0.2) is 45.6 Å². The standard InChI is InChI=1S/C13H8BrF5OS/c14-10-3-1-8(2-4-10)11(20,9-5-6-21-7-9)12(15,16)13(17,18)19/h1-7,20H. The molecule has 1 aromatic heterocycles. The van der Waals surface area contributed by atoms with Gasteiger partial charge in [-0.1, -0.05) is 28.1 Å². The highest BCUT2D eigenvalue weighted by Gasteiger charge is 2.71. The Hall–Kier alpha value is -0.990. The van der Waals surface area contributed by atoms with Crippen LogP contribution < -0.4 is 0 Å². The molecule has 1 N–H and O–H groups in total. The highest BCUT2D eigenvalue weighted by molar-refractivity contribution is 9.10. The van der Waals surface area contributed by atoms with Gasteiger partial charge < -0.3 is 5.11 Å². The summed E-state index contributed by atoms with van der Waals surface area (Å²) in [7, 11) is 0. The molecule has 0 fully saturated rings. The van der Waals surface area contributed by atoms with Gasteiger partial charge in [-0.05, 0) is 34.5 Å². The topological polar surface area (TPSA) is 20.2 Å². The zero-order chi connectivity index (χ0) is 15.9. The summed E-state index contributed by atoms with van der Waals surface area (Å²) < 4.78 is 66.7. The summed E-state index contributed by atoms with van der Waals surface area (Å²) in [6.07, 6.45) is -5.89. The third kappa shape index (κ3) is 2.60. The highest BCUT2D eigenvalue weighted by Crippen LogP contribution is 2.52. The van der Waals surface area contributed by atoms with Crippen molar-refractivity contribution in [3.8, 4) is 0 Å². The first-order valence-corrected chi connectivity index (χ1v) is 7.30. The van der Waals surface area contributed by atoms with Crippen LogP contribution in [0.1, 0.15) is 11.1 Å². The van der Waals surface area contributed by atoms with E-state index in [0.29, 0.717) is 4.47 Å². The number of hydrogen-bond donors (Lipinski definition) is 1. The summed E-state index contributed by atoms with van der Waals surface area (Å²) >= 11 is 3.98. The first-order valence-electron chi connectivity index (χ1n) is 5.56. The molecule has 0 saturated heterocycles. The number of rotatable bonds is 3. The van der Waals surface area contributed by atoms with Crippen LogP contribution in [0.4, 0.5) is 22.0 Å². The predicted molar refractivity (Wildman–Crippen MR) is 72.5 cm³/mol. The van der Waals surface area contributed by atoms with Gasteiger partial charge in [-0.2, -0.15) is 33.3 Å². The fourth-order valence-electron chi connectivity index (χ4n) is 1.90. The van der Waals surface area contributed by atoms with Gasteiger partial charge in [0, 0.05) is 10.0 Å². The summed E-state index contributed by atoms with van der Waals surface area (Å²) in [4.78, 5) is 0. The van der Waals surface area contributed by atoms with E-state index in [1.807, 2.05) is 0 Å². The van der Waals surface area contributed by atoms with E-state index in [4.69, 9.17) is 0 Å².